The lowest BCUT2D eigenvalue weighted by atomic mass is 10.0. The minimum Gasteiger partial charge on any atom is -0.425 e. The summed E-state index contributed by atoms with van der Waals surface area (Å²) < 4.78 is 4.85. The van der Waals surface area contributed by atoms with Crippen molar-refractivity contribution in [2.24, 2.45) is 0 Å². The number of esters is 1. The molecule has 3 nitrogen and oxygen atoms in total. The molecule has 12 heavy (non-hydrogen) atoms. The number of benzene rings is 1. The maximum atomic E-state index is 11.0. The van der Waals surface area contributed by atoms with Crippen LogP contribution in [0.15, 0.2) is 24.3 Å². The summed E-state index contributed by atoms with van der Waals surface area (Å²) in [6, 6.07) is 8.86. The van der Waals surface area contributed by atoms with E-state index < -0.39 is 11.9 Å². The lowest BCUT2D eigenvalue weighted by Crippen LogP contribution is -2.07. The van der Waals surface area contributed by atoms with Crippen LogP contribution in [0.25, 0.3) is 0 Å². The Hall–Kier alpha value is -1.82. The summed E-state index contributed by atoms with van der Waals surface area (Å²) in [4.78, 5) is 11.0. The maximum Gasteiger partial charge on any atom is 0.333 e. The first-order valence-electron chi connectivity index (χ1n) is 3.53. The normalized spacial score (nSPS) is 19.6. The molecule has 0 bridgehead atoms. The summed E-state index contributed by atoms with van der Waals surface area (Å²) >= 11 is 0. The summed E-state index contributed by atoms with van der Waals surface area (Å²) in [7, 11) is 0. The standard InChI is InChI=1S/C9H5NO2/c10-5-7-6-3-1-2-4-8(6)12-9(7)11/h1-4,7H. The Labute approximate surface area is 69.2 Å². The van der Waals surface area contributed by atoms with E-state index in [9.17, 15) is 4.79 Å². The Morgan fingerprint density at radius 2 is 2.17 bits per heavy atom. The van der Waals surface area contributed by atoms with Gasteiger partial charge in [0.2, 0.25) is 0 Å². The average Bonchev–Trinajstić information content (AvgIpc) is 2.40. The zero-order valence-electron chi connectivity index (χ0n) is 6.15. The molecular formula is C9H5NO2. The molecule has 2 rings (SSSR count). The van der Waals surface area contributed by atoms with Crippen LogP contribution in [0.4, 0.5) is 0 Å². The number of ether oxygens (including phenoxy) is 1. The van der Waals surface area contributed by atoms with Crippen LogP contribution in [0.2, 0.25) is 0 Å². The van der Waals surface area contributed by atoms with Gasteiger partial charge in [0.25, 0.3) is 0 Å². The lowest BCUT2D eigenvalue weighted by molar-refractivity contribution is -0.132. The van der Waals surface area contributed by atoms with Crippen LogP contribution in [0.3, 0.4) is 0 Å². The van der Waals surface area contributed by atoms with Crippen molar-refractivity contribution in [2.45, 2.75) is 5.92 Å². The molecule has 3 heteroatoms. The molecule has 0 amide bonds. The summed E-state index contributed by atoms with van der Waals surface area (Å²) in [5.41, 5.74) is 0.671. The Balaban J connectivity index is 2.56. The van der Waals surface area contributed by atoms with Crippen molar-refractivity contribution in [3.63, 3.8) is 0 Å². The molecule has 0 fully saturated rings. The first-order chi connectivity index (χ1) is 5.83. The third kappa shape index (κ3) is 0.785. The Bertz CT molecular complexity index is 378. The Morgan fingerprint density at radius 1 is 1.42 bits per heavy atom. The number of nitrogens with zero attached hydrogens (tertiary/aromatic N) is 1. The summed E-state index contributed by atoms with van der Waals surface area (Å²) in [6.07, 6.45) is 0. The maximum absolute atomic E-state index is 11.0. The van der Waals surface area contributed by atoms with Crippen molar-refractivity contribution in [2.75, 3.05) is 0 Å². The number of para-hydroxylation sites is 1. The fourth-order valence-corrected chi connectivity index (χ4v) is 1.23. The molecule has 0 aromatic heterocycles. The molecule has 1 aromatic rings. The minimum atomic E-state index is -0.735. The van der Waals surface area contributed by atoms with E-state index in [2.05, 4.69) is 0 Å². The highest BCUT2D eigenvalue weighted by Crippen LogP contribution is 2.33. The molecule has 0 aliphatic carbocycles. The van der Waals surface area contributed by atoms with Gasteiger partial charge in [-0.2, -0.15) is 5.26 Å². The van der Waals surface area contributed by atoms with Crippen LogP contribution < -0.4 is 4.74 Å². The minimum absolute atomic E-state index is 0.473. The molecule has 58 valence electrons. The van der Waals surface area contributed by atoms with Gasteiger partial charge in [-0.3, -0.25) is 0 Å². The van der Waals surface area contributed by atoms with Crippen LogP contribution in [0, 0.1) is 11.3 Å². The molecule has 1 aromatic carbocycles. The molecule has 0 radical (unpaired) electrons. The van der Waals surface area contributed by atoms with Gasteiger partial charge in [0.05, 0.1) is 6.07 Å². The second-order valence-corrected chi connectivity index (χ2v) is 2.52. The van der Waals surface area contributed by atoms with Crippen LogP contribution >= 0.6 is 0 Å². The second-order valence-electron chi connectivity index (χ2n) is 2.52. The first-order valence-corrected chi connectivity index (χ1v) is 3.53. The van der Waals surface area contributed by atoms with Gasteiger partial charge in [0.15, 0.2) is 5.92 Å². The van der Waals surface area contributed by atoms with Crippen molar-refractivity contribution < 1.29 is 9.53 Å². The highest BCUT2D eigenvalue weighted by molar-refractivity contribution is 5.88. The number of rotatable bonds is 0. The van der Waals surface area contributed by atoms with Gasteiger partial charge in [0, 0.05) is 5.56 Å². The summed E-state index contributed by atoms with van der Waals surface area (Å²) in [5.74, 6) is -0.700. The number of hydrogen-bond acceptors (Lipinski definition) is 3. The van der Waals surface area contributed by atoms with E-state index in [-0.39, 0.29) is 0 Å². The number of fused-ring (bicyclic) bond motifs is 1. The zero-order chi connectivity index (χ0) is 8.55. The summed E-state index contributed by atoms with van der Waals surface area (Å²) in [5, 5.41) is 8.63. The fourth-order valence-electron chi connectivity index (χ4n) is 1.23. The highest BCUT2D eigenvalue weighted by Gasteiger charge is 2.32. The highest BCUT2D eigenvalue weighted by atomic mass is 16.5. The van der Waals surface area contributed by atoms with Crippen molar-refractivity contribution in [3.8, 4) is 11.8 Å². The first kappa shape index (κ1) is 6.86. The van der Waals surface area contributed by atoms with Gasteiger partial charge in [-0.1, -0.05) is 18.2 Å². The van der Waals surface area contributed by atoms with Gasteiger partial charge >= 0.3 is 5.97 Å². The SMILES string of the molecule is N#CC1C(=O)Oc2ccccc21. The predicted octanol–water partition coefficient (Wildman–Crippen LogP) is 1.21. The number of hydrogen-bond donors (Lipinski definition) is 0. The van der Waals surface area contributed by atoms with Crippen molar-refractivity contribution in [1.29, 1.82) is 5.26 Å². The Kier molecular flexibility index (Phi) is 1.34. The molecule has 1 atom stereocenters. The molecule has 0 saturated carbocycles. The molecule has 1 unspecified atom stereocenters. The zero-order valence-corrected chi connectivity index (χ0v) is 6.15. The van der Waals surface area contributed by atoms with E-state index in [1.807, 2.05) is 6.07 Å². The summed E-state index contributed by atoms with van der Waals surface area (Å²) in [6.45, 7) is 0. The van der Waals surface area contributed by atoms with Crippen LogP contribution in [-0.2, 0) is 4.79 Å². The Morgan fingerprint density at radius 3 is 2.92 bits per heavy atom. The van der Waals surface area contributed by atoms with E-state index in [4.69, 9.17) is 10.00 Å². The molecule has 0 saturated heterocycles. The largest absolute Gasteiger partial charge is 0.425 e. The van der Waals surface area contributed by atoms with Crippen LogP contribution in [-0.4, -0.2) is 5.97 Å². The molecule has 1 heterocycles. The lowest BCUT2D eigenvalue weighted by Gasteiger charge is -1.93. The number of nitriles is 1. The fraction of sp³-hybridized carbons (Fsp3) is 0.111. The third-order valence-electron chi connectivity index (χ3n) is 1.81. The van der Waals surface area contributed by atoms with Gasteiger partial charge < -0.3 is 4.74 Å². The molecular weight excluding hydrogens is 154 g/mol. The molecule has 1 aliphatic rings. The monoisotopic (exact) mass is 159 g/mol. The van der Waals surface area contributed by atoms with Crippen LogP contribution in [0.1, 0.15) is 11.5 Å². The van der Waals surface area contributed by atoms with E-state index in [1.54, 1.807) is 24.3 Å². The van der Waals surface area contributed by atoms with Gasteiger partial charge in [-0.25, -0.2) is 4.79 Å². The van der Waals surface area contributed by atoms with Crippen LogP contribution in [0.5, 0.6) is 5.75 Å². The van der Waals surface area contributed by atoms with E-state index in [1.165, 1.54) is 0 Å². The smallest absolute Gasteiger partial charge is 0.333 e. The van der Waals surface area contributed by atoms with E-state index in [0.717, 1.165) is 0 Å². The van der Waals surface area contributed by atoms with E-state index in [0.29, 0.717) is 11.3 Å². The van der Waals surface area contributed by atoms with Crippen molar-refractivity contribution in [3.05, 3.63) is 29.8 Å². The van der Waals surface area contributed by atoms with Gasteiger partial charge in [-0.15, -0.1) is 0 Å². The third-order valence-corrected chi connectivity index (χ3v) is 1.81. The van der Waals surface area contributed by atoms with Gasteiger partial charge in [0.1, 0.15) is 5.75 Å². The topological polar surface area (TPSA) is 50.1 Å². The van der Waals surface area contributed by atoms with Gasteiger partial charge in [-0.05, 0) is 6.07 Å². The predicted molar refractivity (Wildman–Crippen MR) is 40.4 cm³/mol. The van der Waals surface area contributed by atoms with Crippen molar-refractivity contribution >= 4 is 5.97 Å². The average molecular weight is 159 g/mol. The van der Waals surface area contributed by atoms with Crippen molar-refractivity contribution in [1.82, 2.24) is 0 Å². The number of carbonyl (C=O) groups excluding carboxylic acids is 1. The molecule has 1 aliphatic heterocycles. The van der Waals surface area contributed by atoms with E-state index >= 15 is 0 Å². The quantitative estimate of drug-likeness (QED) is 0.422. The molecule has 0 N–H and O–H groups in total. The molecule has 0 spiro atoms. The number of carbonyl (C=O) groups is 1. The second kappa shape index (κ2) is 2.35.